The molecule has 10 heteroatoms. The van der Waals surface area contributed by atoms with Gasteiger partial charge in [-0.3, -0.25) is 9.89 Å². The predicted octanol–water partition coefficient (Wildman–Crippen LogP) is 2.80. The van der Waals surface area contributed by atoms with Crippen LogP contribution in [0.1, 0.15) is 23.5 Å². The maximum absolute atomic E-state index is 12.4. The Bertz CT molecular complexity index is 550. The molecule has 0 aliphatic carbocycles. The first kappa shape index (κ1) is 22.4. The molecular formula is C15H25F3IN5S. The number of hydrogen-bond acceptors (Lipinski definition) is 4. The minimum Gasteiger partial charge on any atom is -0.356 e. The van der Waals surface area contributed by atoms with E-state index in [1.807, 2.05) is 12.3 Å². The van der Waals surface area contributed by atoms with Crippen LogP contribution >= 0.6 is 35.3 Å². The van der Waals surface area contributed by atoms with E-state index in [9.17, 15) is 13.2 Å². The van der Waals surface area contributed by atoms with Gasteiger partial charge in [-0.15, -0.1) is 35.3 Å². The second kappa shape index (κ2) is 10.5. The van der Waals surface area contributed by atoms with Gasteiger partial charge in [0.15, 0.2) is 5.96 Å². The number of thiazole rings is 1. The smallest absolute Gasteiger partial charge is 0.356 e. The van der Waals surface area contributed by atoms with Crippen LogP contribution in [0.25, 0.3) is 0 Å². The maximum Gasteiger partial charge on any atom is 0.401 e. The monoisotopic (exact) mass is 491 g/mol. The highest BCUT2D eigenvalue weighted by Gasteiger charge is 2.34. The highest BCUT2D eigenvalue weighted by molar-refractivity contribution is 14.0. The van der Waals surface area contributed by atoms with Crippen molar-refractivity contribution in [3.63, 3.8) is 0 Å². The summed E-state index contributed by atoms with van der Waals surface area (Å²) in [6.45, 7) is 2.73. The van der Waals surface area contributed by atoms with Gasteiger partial charge in [-0.1, -0.05) is 0 Å². The van der Waals surface area contributed by atoms with Crippen LogP contribution in [0.2, 0.25) is 0 Å². The summed E-state index contributed by atoms with van der Waals surface area (Å²) < 4.78 is 37.2. The third-order valence-corrected chi connectivity index (χ3v) is 4.79. The number of guanidine groups is 1. The average Bonchev–Trinajstić information content (AvgIpc) is 3.09. The number of nitrogens with zero attached hydrogens (tertiary/aromatic N) is 3. The summed E-state index contributed by atoms with van der Waals surface area (Å²) in [4.78, 5) is 9.98. The molecule has 5 nitrogen and oxygen atoms in total. The molecule has 1 fully saturated rings. The van der Waals surface area contributed by atoms with E-state index in [-0.39, 0.29) is 30.0 Å². The summed E-state index contributed by atoms with van der Waals surface area (Å²) in [5.41, 5.74) is 1.05. The first-order chi connectivity index (χ1) is 11.4. The second-order valence-electron chi connectivity index (χ2n) is 5.97. The van der Waals surface area contributed by atoms with Gasteiger partial charge in [-0.05, 0) is 19.8 Å². The van der Waals surface area contributed by atoms with Crippen LogP contribution in [-0.4, -0.2) is 61.3 Å². The van der Waals surface area contributed by atoms with E-state index in [2.05, 4.69) is 20.6 Å². The third kappa shape index (κ3) is 8.54. The van der Waals surface area contributed by atoms with Crippen molar-refractivity contribution in [1.82, 2.24) is 20.5 Å². The molecule has 144 valence electrons. The Morgan fingerprint density at radius 3 is 2.84 bits per heavy atom. The Morgan fingerprint density at radius 2 is 2.24 bits per heavy atom. The molecule has 2 heterocycles. The summed E-state index contributed by atoms with van der Waals surface area (Å²) in [5, 5.41) is 9.57. The molecule has 1 atom stereocenters. The molecule has 0 saturated carbocycles. The van der Waals surface area contributed by atoms with Gasteiger partial charge in [0.25, 0.3) is 0 Å². The Balaban J connectivity index is 0.00000312. The van der Waals surface area contributed by atoms with Gasteiger partial charge < -0.3 is 10.6 Å². The Hall–Kier alpha value is -0.620. The molecule has 2 rings (SSSR count). The maximum atomic E-state index is 12.4. The Morgan fingerprint density at radius 1 is 1.48 bits per heavy atom. The fraction of sp³-hybridized carbons (Fsp3) is 0.733. The minimum atomic E-state index is -4.14. The van der Waals surface area contributed by atoms with Crippen LogP contribution in [0.15, 0.2) is 10.4 Å². The molecule has 0 aromatic carbocycles. The molecule has 1 aliphatic heterocycles. The topological polar surface area (TPSA) is 52.6 Å². The zero-order valence-corrected chi connectivity index (χ0v) is 17.5. The van der Waals surface area contributed by atoms with Crippen molar-refractivity contribution in [3.05, 3.63) is 16.1 Å². The van der Waals surface area contributed by atoms with Crippen molar-refractivity contribution in [3.8, 4) is 0 Å². The molecule has 0 amide bonds. The van der Waals surface area contributed by atoms with Crippen LogP contribution in [0.4, 0.5) is 13.2 Å². The van der Waals surface area contributed by atoms with E-state index in [1.165, 1.54) is 4.90 Å². The van der Waals surface area contributed by atoms with Crippen molar-refractivity contribution >= 4 is 41.3 Å². The van der Waals surface area contributed by atoms with Gasteiger partial charge in [-0.2, -0.15) is 13.2 Å². The number of likely N-dealkylation sites (tertiary alicyclic amines) is 1. The van der Waals surface area contributed by atoms with Crippen molar-refractivity contribution < 1.29 is 13.2 Å². The minimum absolute atomic E-state index is 0. The van der Waals surface area contributed by atoms with Crippen molar-refractivity contribution in [2.75, 3.05) is 33.2 Å². The lowest BCUT2D eigenvalue weighted by atomic mass is 10.3. The molecule has 1 unspecified atom stereocenters. The molecule has 0 spiro atoms. The summed E-state index contributed by atoms with van der Waals surface area (Å²) >= 11 is 1.66. The van der Waals surface area contributed by atoms with Gasteiger partial charge in [0.1, 0.15) is 0 Å². The summed E-state index contributed by atoms with van der Waals surface area (Å²) in [6, 6.07) is 0.000150. The van der Waals surface area contributed by atoms with E-state index >= 15 is 0 Å². The molecule has 25 heavy (non-hydrogen) atoms. The first-order valence-corrected chi connectivity index (χ1v) is 8.91. The number of nitrogens with one attached hydrogen (secondary N) is 2. The number of halogens is 4. The predicted molar refractivity (Wildman–Crippen MR) is 106 cm³/mol. The Kier molecular flexibility index (Phi) is 9.43. The van der Waals surface area contributed by atoms with E-state index in [0.717, 1.165) is 30.1 Å². The van der Waals surface area contributed by atoms with E-state index in [0.29, 0.717) is 25.5 Å². The number of aromatic nitrogens is 1. The first-order valence-electron chi connectivity index (χ1n) is 8.03. The SMILES string of the molecule is CN=C(NCCCc1nc(C)cs1)NC1CCN(CC(F)(F)F)C1.I. The number of alkyl halides is 3. The fourth-order valence-corrected chi connectivity index (χ4v) is 3.52. The lowest BCUT2D eigenvalue weighted by molar-refractivity contribution is -0.143. The van der Waals surface area contributed by atoms with Gasteiger partial charge in [0, 0.05) is 50.2 Å². The number of rotatable bonds is 6. The van der Waals surface area contributed by atoms with Crippen molar-refractivity contribution in [1.29, 1.82) is 0 Å². The number of hydrogen-bond donors (Lipinski definition) is 2. The standard InChI is InChI=1S/C15H24F3N5S.HI/c1-11-9-24-13(21-11)4-3-6-20-14(19-2)22-12-5-7-23(8-12)10-15(16,17)18;/h9,12H,3-8,10H2,1-2H3,(H2,19,20,22);1H. The van der Waals surface area contributed by atoms with Gasteiger partial charge in [0.05, 0.1) is 11.6 Å². The second-order valence-corrected chi connectivity index (χ2v) is 6.91. The molecule has 1 aromatic heterocycles. The molecule has 2 N–H and O–H groups in total. The van der Waals surface area contributed by atoms with Gasteiger partial charge in [0.2, 0.25) is 0 Å². The summed E-state index contributed by atoms with van der Waals surface area (Å²) in [6.07, 6.45) is -1.61. The molecular weight excluding hydrogens is 466 g/mol. The lowest BCUT2D eigenvalue weighted by Gasteiger charge is -2.19. The van der Waals surface area contributed by atoms with Crippen LogP contribution < -0.4 is 10.6 Å². The number of aryl methyl sites for hydroxylation is 2. The summed E-state index contributed by atoms with van der Waals surface area (Å²) in [5.74, 6) is 0.643. The highest BCUT2D eigenvalue weighted by Crippen LogP contribution is 2.19. The van der Waals surface area contributed by atoms with Crippen LogP contribution in [0.5, 0.6) is 0 Å². The van der Waals surface area contributed by atoms with Gasteiger partial charge >= 0.3 is 6.18 Å². The lowest BCUT2D eigenvalue weighted by Crippen LogP contribution is -2.45. The average molecular weight is 491 g/mol. The normalized spacial score (nSPS) is 18.9. The third-order valence-electron chi connectivity index (χ3n) is 3.77. The molecule has 1 aromatic rings. The fourth-order valence-electron chi connectivity index (χ4n) is 2.70. The number of aliphatic imine (C=N–C) groups is 1. The van der Waals surface area contributed by atoms with Crippen LogP contribution in [0, 0.1) is 6.92 Å². The zero-order chi connectivity index (χ0) is 17.6. The quantitative estimate of drug-likeness (QED) is 0.278. The largest absolute Gasteiger partial charge is 0.401 e. The zero-order valence-electron chi connectivity index (χ0n) is 14.4. The molecule has 0 radical (unpaired) electrons. The highest BCUT2D eigenvalue weighted by atomic mass is 127. The molecule has 1 saturated heterocycles. The van der Waals surface area contributed by atoms with E-state index < -0.39 is 12.7 Å². The molecule has 0 bridgehead atoms. The van der Waals surface area contributed by atoms with E-state index in [1.54, 1.807) is 18.4 Å². The van der Waals surface area contributed by atoms with Gasteiger partial charge in [-0.25, -0.2) is 4.98 Å². The van der Waals surface area contributed by atoms with Crippen molar-refractivity contribution in [2.24, 2.45) is 4.99 Å². The summed E-state index contributed by atoms with van der Waals surface area (Å²) in [7, 11) is 1.67. The molecule has 1 aliphatic rings. The van der Waals surface area contributed by atoms with Crippen LogP contribution in [0.3, 0.4) is 0 Å². The van der Waals surface area contributed by atoms with Crippen molar-refractivity contribution in [2.45, 2.75) is 38.4 Å². The van der Waals surface area contributed by atoms with Crippen LogP contribution in [-0.2, 0) is 6.42 Å². The Labute approximate surface area is 167 Å². The van der Waals surface area contributed by atoms with E-state index in [4.69, 9.17) is 0 Å².